The van der Waals surface area contributed by atoms with E-state index in [4.69, 9.17) is 4.74 Å². The molecule has 0 atom stereocenters. The average Bonchev–Trinajstić information content (AvgIpc) is 1.97. The maximum Gasteiger partial charge on any atom is 0.312 e. The number of halogens is 1. The largest absolute Gasteiger partial charge is 0.464 e. The van der Waals surface area contributed by atoms with Crippen molar-refractivity contribution < 1.29 is 9.53 Å². The Hall–Kier alpha value is -0.0500. The van der Waals surface area contributed by atoms with Gasteiger partial charge in [0.25, 0.3) is 0 Å². The van der Waals surface area contributed by atoms with Gasteiger partial charge in [-0.25, -0.2) is 0 Å². The summed E-state index contributed by atoms with van der Waals surface area (Å²) in [6.45, 7) is 10.4. The summed E-state index contributed by atoms with van der Waals surface area (Å²) >= 11 is 3.22. The van der Waals surface area contributed by atoms with Crippen LogP contribution in [0.15, 0.2) is 0 Å². The van der Waals surface area contributed by atoms with E-state index in [0.29, 0.717) is 11.9 Å². The lowest BCUT2D eigenvalue weighted by atomic mass is 9.69. The number of carbonyl (C=O) groups is 1. The van der Waals surface area contributed by atoms with Gasteiger partial charge in [-0.1, -0.05) is 36.7 Å². The monoisotopic (exact) mass is 250 g/mol. The third kappa shape index (κ3) is 3.29. The highest BCUT2D eigenvalue weighted by molar-refractivity contribution is 9.09. The minimum Gasteiger partial charge on any atom is -0.464 e. The lowest BCUT2D eigenvalue weighted by molar-refractivity contribution is -0.159. The minimum absolute atomic E-state index is 0.0730. The van der Waals surface area contributed by atoms with Gasteiger partial charge in [-0.15, -0.1) is 0 Å². The molecule has 0 radical (unpaired) electrons. The molecule has 0 saturated heterocycles. The lowest BCUT2D eigenvalue weighted by Crippen LogP contribution is -2.39. The van der Waals surface area contributed by atoms with E-state index in [9.17, 15) is 4.79 Å². The van der Waals surface area contributed by atoms with Gasteiger partial charge in [0, 0.05) is 5.33 Å². The molecule has 0 amide bonds. The molecular weight excluding hydrogens is 232 g/mol. The van der Waals surface area contributed by atoms with Gasteiger partial charge in [-0.3, -0.25) is 4.79 Å². The van der Waals surface area contributed by atoms with Crippen LogP contribution in [0.2, 0.25) is 0 Å². The quantitative estimate of drug-likeness (QED) is 0.569. The fourth-order valence-corrected chi connectivity index (χ4v) is 0.780. The normalized spacial score (nSPS) is 12.8. The Balaban J connectivity index is 4.37. The van der Waals surface area contributed by atoms with Crippen molar-refractivity contribution in [3.8, 4) is 0 Å². The van der Waals surface area contributed by atoms with E-state index in [1.54, 1.807) is 0 Å². The molecule has 0 spiro atoms. The predicted molar refractivity (Wildman–Crippen MR) is 58.0 cm³/mol. The van der Waals surface area contributed by atoms with E-state index in [1.807, 2.05) is 34.6 Å². The second-order valence-electron chi connectivity index (χ2n) is 4.70. The second kappa shape index (κ2) is 4.45. The smallest absolute Gasteiger partial charge is 0.312 e. The van der Waals surface area contributed by atoms with Crippen molar-refractivity contribution in [1.29, 1.82) is 0 Å². The first-order valence-corrected chi connectivity index (χ1v) is 5.59. The molecule has 0 aliphatic carbocycles. The van der Waals surface area contributed by atoms with Crippen molar-refractivity contribution in [3.63, 3.8) is 0 Å². The summed E-state index contributed by atoms with van der Waals surface area (Å²) in [6, 6.07) is 0. The maximum absolute atomic E-state index is 11.6. The van der Waals surface area contributed by atoms with E-state index in [2.05, 4.69) is 15.9 Å². The molecule has 0 saturated carbocycles. The Bertz CT molecular complexity index is 180. The van der Waals surface area contributed by atoms with Crippen LogP contribution in [-0.4, -0.2) is 17.9 Å². The molecule has 2 nitrogen and oxygen atoms in total. The summed E-state index contributed by atoms with van der Waals surface area (Å²) in [5.74, 6) is -0.126. The van der Waals surface area contributed by atoms with Crippen molar-refractivity contribution in [2.24, 2.45) is 10.8 Å². The molecule has 0 heterocycles. The number of hydrogen-bond donors (Lipinski definition) is 0. The van der Waals surface area contributed by atoms with E-state index in [1.165, 1.54) is 0 Å². The Labute approximate surface area is 89.2 Å². The van der Waals surface area contributed by atoms with E-state index >= 15 is 0 Å². The zero-order valence-electron chi connectivity index (χ0n) is 9.11. The number of carbonyl (C=O) groups excluding carboxylic acids is 1. The number of rotatable bonds is 3. The third-order valence-electron chi connectivity index (χ3n) is 2.70. The van der Waals surface area contributed by atoms with Crippen LogP contribution in [0.4, 0.5) is 0 Å². The Morgan fingerprint density at radius 1 is 1.23 bits per heavy atom. The molecule has 0 aliphatic rings. The van der Waals surface area contributed by atoms with Gasteiger partial charge in [-0.05, 0) is 19.3 Å². The zero-order valence-corrected chi connectivity index (χ0v) is 10.7. The van der Waals surface area contributed by atoms with Gasteiger partial charge in [0.1, 0.15) is 6.61 Å². The lowest BCUT2D eigenvalue weighted by Gasteiger charge is -2.36. The number of ether oxygens (including phenoxy) is 1. The summed E-state index contributed by atoms with van der Waals surface area (Å²) in [5.41, 5.74) is -0.508. The predicted octanol–water partition coefficient (Wildman–Crippen LogP) is 3.00. The van der Waals surface area contributed by atoms with E-state index in [-0.39, 0.29) is 11.4 Å². The first-order valence-electron chi connectivity index (χ1n) is 4.46. The van der Waals surface area contributed by atoms with E-state index in [0.717, 1.165) is 0 Å². The van der Waals surface area contributed by atoms with Crippen molar-refractivity contribution >= 4 is 21.9 Å². The Kier molecular flexibility index (Phi) is 4.43. The molecule has 0 N–H and O–H groups in total. The summed E-state index contributed by atoms with van der Waals surface area (Å²) in [4.78, 5) is 11.6. The van der Waals surface area contributed by atoms with Gasteiger partial charge in [0.15, 0.2) is 0 Å². The topological polar surface area (TPSA) is 26.3 Å². The molecule has 78 valence electrons. The summed E-state index contributed by atoms with van der Waals surface area (Å²) in [5, 5.41) is 0.693. The standard InChI is InChI=1S/C10H19BrO2/c1-9(2,3)10(4,5)8(12)13-7-6-11/h6-7H2,1-5H3. The molecule has 0 bridgehead atoms. The second-order valence-corrected chi connectivity index (χ2v) is 5.49. The first kappa shape index (κ1) is 12.9. The summed E-state index contributed by atoms with van der Waals surface area (Å²) in [6.07, 6.45) is 0. The molecular formula is C10H19BrO2. The Morgan fingerprint density at radius 2 is 1.69 bits per heavy atom. The summed E-state index contributed by atoms with van der Waals surface area (Å²) in [7, 11) is 0. The molecule has 0 rings (SSSR count). The van der Waals surface area contributed by atoms with Gasteiger partial charge in [0.2, 0.25) is 0 Å². The van der Waals surface area contributed by atoms with Crippen LogP contribution in [-0.2, 0) is 9.53 Å². The van der Waals surface area contributed by atoms with E-state index < -0.39 is 5.41 Å². The van der Waals surface area contributed by atoms with Crippen molar-refractivity contribution in [2.75, 3.05) is 11.9 Å². The molecule has 0 unspecified atom stereocenters. The molecule has 3 heteroatoms. The van der Waals surface area contributed by atoms with Crippen LogP contribution in [0, 0.1) is 10.8 Å². The first-order chi connectivity index (χ1) is 5.73. The SMILES string of the molecule is CC(C)(C)C(C)(C)C(=O)OCCBr. The molecule has 0 aliphatic heterocycles. The highest BCUT2D eigenvalue weighted by atomic mass is 79.9. The minimum atomic E-state index is -0.435. The van der Waals surface area contributed by atoms with Gasteiger partial charge < -0.3 is 4.74 Å². The Morgan fingerprint density at radius 3 is 2.00 bits per heavy atom. The highest BCUT2D eigenvalue weighted by Gasteiger charge is 2.40. The fraction of sp³-hybridized carbons (Fsp3) is 0.900. The third-order valence-corrected chi connectivity index (χ3v) is 3.02. The van der Waals surface area contributed by atoms with Gasteiger partial charge >= 0.3 is 5.97 Å². The van der Waals surface area contributed by atoms with Crippen LogP contribution in [0.1, 0.15) is 34.6 Å². The average molecular weight is 251 g/mol. The summed E-state index contributed by atoms with van der Waals surface area (Å²) < 4.78 is 5.10. The van der Waals surface area contributed by atoms with Crippen molar-refractivity contribution in [3.05, 3.63) is 0 Å². The molecule has 0 aromatic heterocycles. The van der Waals surface area contributed by atoms with Crippen molar-refractivity contribution in [2.45, 2.75) is 34.6 Å². The molecule has 0 fully saturated rings. The fourth-order valence-electron chi connectivity index (χ4n) is 0.618. The van der Waals surface area contributed by atoms with Crippen LogP contribution in [0.3, 0.4) is 0 Å². The van der Waals surface area contributed by atoms with Crippen LogP contribution < -0.4 is 0 Å². The zero-order chi connectivity index (χ0) is 10.7. The number of hydrogen-bond acceptors (Lipinski definition) is 2. The molecule has 0 aromatic carbocycles. The van der Waals surface area contributed by atoms with Crippen molar-refractivity contribution in [1.82, 2.24) is 0 Å². The maximum atomic E-state index is 11.6. The number of alkyl halides is 1. The molecule has 0 aromatic rings. The van der Waals surface area contributed by atoms with Crippen LogP contribution >= 0.6 is 15.9 Å². The molecule has 13 heavy (non-hydrogen) atoms. The van der Waals surface area contributed by atoms with Crippen LogP contribution in [0.25, 0.3) is 0 Å². The van der Waals surface area contributed by atoms with Gasteiger partial charge in [-0.2, -0.15) is 0 Å². The van der Waals surface area contributed by atoms with Gasteiger partial charge in [0.05, 0.1) is 5.41 Å². The number of esters is 1. The highest BCUT2D eigenvalue weighted by Crippen LogP contribution is 2.38. The van der Waals surface area contributed by atoms with Crippen LogP contribution in [0.5, 0.6) is 0 Å².